The second kappa shape index (κ2) is 7.78. The number of piperazine rings is 1. The van der Waals surface area contributed by atoms with Crippen LogP contribution in [0.5, 0.6) is 0 Å². The highest BCUT2D eigenvalue weighted by Gasteiger charge is 2.32. The molecular weight excluding hydrogens is 362 g/mol. The van der Waals surface area contributed by atoms with Crippen molar-refractivity contribution in [1.29, 1.82) is 0 Å². The zero-order chi connectivity index (χ0) is 19.6. The van der Waals surface area contributed by atoms with Crippen molar-refractivity contribution in [2.45, 2.75) is 12.8 Å². The van der Waals surface area contributed by atoms with Crippen LogP contribution >= 0.6 is 0 Å². The van der Waals surface area contributed by atoms with Crippen molar-refractivity contribution >= 4 is 28.6 Å². The molecule has 150 valence electrons. The number of piperidine rings is 1. The number of nitrogens with one attached hydrogen (secondary N) is 1. The van der Waals surface area contributed by atoms with E-state index in [0.717, 1.165) is 69.1 Å². The van der Waals surface area contributed by atoms with Gasteiger partial charge in [0.05, 0.1) is 17.0 Å². The number of amides is 1. The average Bonchev–Trinajstić information content (AvgIpc) is 3.24. The fourth-order valence-corrected chi connectivity index (χ4v) is 4.54. The number of benzene rings is 2. The topological polar surface area (TPSA) is 55.5 Å². The Morgan fingerprint density at radius 2 is 1.66 bits per heavy atom. The van der Waals surface area contributed by atoms with Crippen LogP contribution in [0.25, 0.3) is 11.0 Å². The zero-order valence-corrected chi connectivity index (χ0v) is 16.6. The van der Waals surface area contributed by atoms with Gasteiger partial charge in [-0.25, -0.2) is 4.98 Å². The van der Waals surface area contributed by atoms with Crippen LogP contribution in [0.15, 0.2) is 54.6 Å². The van der Waals surface area contributed by atoms with E-state index in [4.69, 9.17) is 4.98 Å². The van der Waals surface area contributed by atoms with Gasteiger partial charge >= 0.3 is 0 Å². The predicted octanol–water partition coefficient (Wildman–Crippen LogP) is 3.13. The largest absolute Gasteiger partial charge is 0.368 e. The molecule has 0 aliphatic carbocycles. The fraction of sp³-hybridized carbons (Fsp3) is 0.391. The molecule has 2 aromatic carbocycles. The highest BCUT2D eigenvalue weighted by atomic mass is 16.2. The molecule has 6 nitrogen and oxygen atoms in total. The Kier molecular flexibility index (Phi) is 4.84. The predicted molar refractivity (Wildman–Crippen MR) is 116 cm³/mol. The molecule has 0 radical (unpaired) electrons. The van der Waals surface area contributed by atoms with E-state index in [1.807, 2.05) is 30.3 Å². The lowest BCUT2D eigenvalue weighted by molar-refractivity contribution is -0.136. The first-order valence-electron chi connectivity index (χ1n) is 10.6. The maximum absolute atomic E-state index is 13.2. The van der Waals surface area contributed by atoms with Crippen LogP contribution < -0.4 is 9.80 Å². The SMILES string of the molecule is O=C([C@@H]1CCCN(c2nc3ccccc3[nH]2)C1)N1CCN(c2ccccc2)CC1. The molecule has 0 unspecified atom stereocenters. The van der Waals surface area contributed by atoms with Crippen LogP contribution in [0.4, 0.5) is 11.6 Å². The summed E-state index contributed by atoms with van der Waals surface area (Å²) in [6, 6.07) is 18.6. The van der Waals surface area contributed by atoms with Crippen molar-refractivity contribution in [2.75, 3.05) is 49.1 Å². The molecule has 1 atom stereocenters. The highest BCUT2D eigenvalue weighted by molar-refractivity contribution is 5.81. The van der Waals surface area contributed by atoms with Gasteiger partial charge < -0.3 is 19.7 Å². The minimum atomic E-state index is 0.0558. The van der Waals surface area contributed by atoms with Gasteiger partial charge in [-0.3, -0.25) is 4.79 Å². The van der Waals surface area contributed by atoms with Crippen LogP contribution in [0.2, 0.25) is 0 Å². The maximum atomic E-state index is 13.2. The first kappa shape index (κ1) is 18.0. The van der Waals surface area contributed by atoms with Gasteiger partial charge in [0.1, 0.15) is 0 Å². The molecule has 6 heteroatoms. The summed E-state index contributed by atoms with van der Waals surface area (Å²) in [5, 5.41) is 0. The minimum Gasteiger partial charge on any atom is -0.368 e. The monoisotopic (exact) mass is 389 g/mol. The first-order valence-corrected chi connectivity index (χ1v) is 10.6. The third kappa shape index (κ3) is 3.67. The molecule has 1 N–H and O–H groups in total. The van der Waals surface area contributed by atoms with Gasteiger partial charge in [0, 0.05) is 45.0 Å². The molecule has 3 aromatic rings. The van der Waals surface area contributed by atoms with Crippen molar-refractivity contribution in [3.8, 4) is 0 Å². The number of rotatable bonds is 3. The smallest absolute Gasteiger partial charge is 0.227 e. The molecule has 1 aromatic heterocycles. The molecule has 0 spiro atoms. The standard InChI is InChI=1S/C23H27N5O/c29-22(27-15-13-26(14-16-27)19-8-2-1-3-9-19)18-7-6-12-28(17-18)23-24-20-10-4-5-11-21(20)25-23/h1-5,8-11,18H,6-7,12-17H2,(H,24,25)/t18-/m1/s1. The molecule has 2 fully saturated rings. The molecule has 0 saturated carbocycles. The average molecular weight is 390 g/mol. The fourth-order valence-electron chi connectivity index (χ4n) is 4.54. The lowest BCUT2D eigenvalue weighted by Crippen LogP contribution is -2.52. The molecular formula is C23H27N5O. The van der Waals surface area contributed by atoms with Crippen LogP contribution in [-0.2, 0) is 4.79 Å². The lowest BCUT2D eigenvalue weighted by Gasteiger charge is -2.39. The van der Waals surface area contributed by atoms with E-state index in [1.54, 1.807) is 0 Å². The minimum absolute atomic E-state index is 0.0558. The van der Waals surface area contributed by atoms with Crippen molar-refractivity contribution < 1.29 is 4.79 Å². The number of carbonyl (C=O) groups is 1. The van der Waals surface area contributed by atoms with Crippen molar-refractivity contribution in [3.05, 3.63) is 54.6 Å². The summed E-state index contributed by atoms with van der Waals surface area (Å²) in [4.78, 5) is 28.0. The number of imidazole rings is 1. The van der Waals surface area contributed by atoms with Crippen LogP contribution in [-0.4, -0.2) is 60.0 Å². The van der Waals surface area contributed by atoms with Crippen molar-refractivity contribution in [2.24, 2.45) is 5.92 Å². The van der Waals surface area contributed by atoms with Gasteiger partial charge in [-0.2, -0.15) is 0 Å². The van der Waals surface area contributed by atoms with Gasteiger partial charge in [-0.1, -0.05) is 30.3 Å². The van der Waals surface area contributed by atoms with Crippen LogP contribution in [0.1, 0.15) is 12.8 Å². The summed E-state index contributed by atoms with van der Waals surface area (Å²) in [5.74, 6) is 1.25. The Bertz CT molecular complexity index is 944. The third-order valence-electron chi connectivity index (χ3n) is 6.16. The quantitative estimate of drug-likeness (QED) is 0.748. The Hall–Kier alpha value is -3.02. The number of hydrogen-bond acceptors (Lipinski definition) is 4. The Morgan fingerprint density at radius 3 is 2.45 bits per heavy atom. The van der Waals surface area contributed by atoms with E-state index in [9.17, 15) is 4.79 Å². The number of para-hydroxylation sites is 3. The Morgan fingerprint density at radius 1 is 0.897 bits per heavy atom. The normalized spacial score (nSPS) is 20.3. The number of fused-ring (bicyclic) bond motifs is 1. The number of hydrogen-bond donors (Lipinski definition) is 1. The third-order valence-corrected chi connectivity index (χ3v) is 6.16. The van der Waals surface area contributed by atoms with Crippen LogP contribution in [0.3, 0.4) is 0 Å². The van der Waals surface area contributed by atoms with Gasteiger partial charge in [0.2, 0.25) is 11.9 Å². The number of aromatic nitrogens is 2. The molecule has 2 saturated heterocycles. The molecule has 0 bridgehead atoms. The summed E-state index contributed by atoms with van der Waals surface area (Å²) in [6.45, 7) is 5.10. The number of H-pyrrole nitrogens is 1. The van der Waals surface area contributed by atoms with E-state index < -0.39 is 0 Å². The summed E-state index contributed by atoms with van der Waals surface area (Å²) in [7, 11) is 0. The number of anilines is 2. The highest BCUT2D eigenvalue weighted by Crippen LogP contribution is 2.25. The number of carbonyl (C=O) groups excluding carboxylic acids is 1. The summed E-state index contributed by atoms with van der Waals surface area (Å²) < 4.78 is 0. The number of aromatic amines is 1. The van der Waals surface area contributed by atoms with Crippen molar-refractivity contribution in [3.63, 3.8) is 0 Å². The first-order chi connectivity index (χ1) is 14.3. The Labute approximate surface area is 171 Å². The summed E-state index contributed by atoms with van der Waals surface area (Å²) in [6.07, 6.45) is 1.99. The molecule has 1 amide bonds. The lowest BCUT2D eigenvalue weighted by atomic mass is 9.96. The van der Waals surface area contributed by atoms with E-state index >= 15 is 0 Å². The molecule has 5 rings (SSSR count). The van der Waals surface area contributed by atoms with Gasteiger partial charge in [-0.05, 0) is 37.1 Å². The molecule has 3 heterocycles. The van der Waals surface area contributed by atoms with E-state index in [0.29, 0.717) is 5.91 Å². The maximum Gasteiger partial charge on any atom is 0.227 e. The van der Waals surface area contributed by atoms with E-state index in [1.165, 1.54) is 5.69 Å². The second-order valence-corrected chi connectivity index (χ2v) is 8.01. The van der Waals surface area contributed by atoms with E-state index in [2.05, 4.69) is 43.9 Å². The number of nitrogens with zero attached hydrogens (tertiary/aromatic N) is 4. The molecule has 2 aliphatic rings. The molecule has 29 heavy (non-hydrogen) atoms. The summed E-state index contributed by atoms with van der Waals surface area (Å²) in [5.41, 5.74) is 3.27. The van der Waals surface area contributed by atoms with Gasteiger partial charge in [0.25, 0.3) is 0 Å². The van der Waals surface area contributed by atoms with Crippen molar-refractivity contribution in [1.82, 2.24) is 14.9 Å². The zero-order valence-electron chi connectivity index (χ0n) is 16.6. The van der Waals surface area contributed by atoms with E-state index in [-0.39, 0.29) is 5.92 Å². The van der Waals surface area contributed by atoms with Gasteiger partial charge in [0.15, 0.2) is 0 Å². The Balaban J connectivity index is 1.22. The molecule has 2 aliphatic heterocycles. The van der Waals surface area contributed by atoms with Crippen LogP contribution in [0, 0.1) is 5.92 Å². The second-order valence-electron chi connectivity index (χ2n) is 8.01. The van der Waals surface area contributed by atoms with Gasteiger partial charge in [-0.15, -0.1) is 0 Å². The summed E-state index contributed by atoms with van der Waals surface area (Å²) >= 11 is 0.